The maximum Gasteiger partial charge on any atom is 0.327 e. The number of rotatable bonds is 4. The van der Waals surface area contributed by atoms with E-state index in [0.717, 1.165) is 6.26 Å². The predicted octanol–water partition coefficient (Wildman–Crippen LogP) is 0.367. The normalized spacial score (nSPS) is 23.7. The van der Waals surface area contributed by atoms with Crippen LogP contribution in [0.1, 0.15) is 20.8 Å². The highest BCUT2D eigenvalue weighted by atomic mass is 32.2. The summed E-state index contributed by atoms with van der Waals surface area (Å²) in [5.74, 6) is -0.723. The zero-order chi connectivity index (χ0) is 15.7. The van der Waals surface area contributed by atoms with Crippen LogP contribution in [-0.2, 0) is 14.6 Å². The third-order valence-corrected chi connectivity index (χ3v) is 6.78. The summed E-state index contributed by atoms with van der Waals surface area (Å²) < 4.78 is 22.0. The fourth-order valence-corrected chi connectivity index (χ4v) is 3.15. The molecule has 0 aromatic heterocycles. The first-order chi connectivity index (χ1) is 8.97. The number of thioether (sulfide) groups is 1. The van der Waals surface area contributed by atoms with Crippen LogP contribution in [-0.4, -0.2) is 65.1 Å². The van der Waals surface area contributed by atoms with Gasteiger partial charge < -0.3 is 10.4 Å². The van der Waals surface area contributed by atoms with Crippen molar-refractivity contribution >= 4 is 33.6 Å². The van der Waals surface area contributed by atoms with Crippen molar-refractivity contribution in [3.05, 3.63) is 0 Å². The van der Waals surface area contributed by atoms with Gasteiger partial charge in [0.25, 0.3) is 0 Å². The summed E-state index contributed by atoms with van der Waals surface area (Å²) in [5.41, 5.74) is 0. The van der Waals surface area contributed by atoms with Crippen LogP contribution in [0.4, 0.5) is 4.79 Å². The largest absolute Gasteiger partial charge is 0.480 e. The molecule has 2 atom stereocenters. The lowest BCUT2D eigenvalue weighted by molar-refractivity contribution is -0.141. The quantitative estimate of drug-likeness (QED) is 0.774. The van der Waals surface area contributed by atoms with E-state index in [1.807, 2.05) is 0 Å². The molecule has 116 valence electrons. The zero-order valence-corrected chi connectivity index (χ0v) is 13.5. The summed E-state index contributed by atoms with van der Waals surface area (Å²) in [7, 11) is -3.32. The van der Waals surface area contributed by atoms with Gasteiger partial charge in [-0.3, -0.25) is 4.90 Å². The van der Waals surface area contributed by atoms with E-state index in [9.17, 15) is 18.0 Å². The molecule has 2 N–H and O–H groups in total. The second kappa shape index (κ2) is 5.80. The van der Waals surface area contributed by atoms with Crippen LogP contribution in [0.3, 0.4) is 0 Å². The molecule has 1 aliphatic rings. The zero-order valence-electron chi connectivity index (χ0n) is 11.9. The molecule has 0 aromatic carbocycles. The van der Waals surface area contributed by atoms with Crippen LogP contribution in [0, 0.1) is 0 Å². The maximum absolute atomic E-state index is 12.1. The van der Waals surface area contributed by atoms with Gasteiger partial charge in [0.1, 0.15) is 6.04 Å². The molecule has 1 fully saturated rings. The van der Waals surface area contributed by atoms with Gasteiger partial charge in [-0.1, -0.05) is 0 Å². The lowest BCUT2D eigenvalue weighted by Gasteiger charge is -2.28. The van der Waals surface area contributed by atoms with E-state index < -0.39 is 32.6 Å². The number of nitrogens with one attached hydrogen (secondary N) is 1. The van der Waals surface area contributed by atoms with E-state index in [1.165, 1.54) is 30.5 Å². The Morgan fingerprint density at radius 1 is 1.45 bits per heavy atom. The van der Waals surface area contributed by atoms with Crippen LogP contribution in [0.5, 0.6) is 0 Å². The molecule has 20 heavy (non-hydrogen) atoms. The number of sulfone groups is 1. The van der Waals surface area contributed by atoms with E-state index in [-0.39, 0.29) is 11.9 Å². The number of carbonyl (C=O) groups excluding carboxylic acids is 1. The van der Waals surface area contributed by atoms with Gasteiger partial charge in [-0.2, -0.15) is 0 Å². The number of carboxylic acid groups (broad SMARTS) is 1. The molecule has 0 saturated carbocycles. The summed E-state index contributed by atoms with van der Waals surface area (Å²) in [6.07, 6.45) is 1.10. The molecule has 0 aliphatic carbocycles. The van der Waals surface area contributed by atoms with Crippen molar-refractivity contribution in [2.24, 2.45) is 0 Å². The molecule has 0 aromatic rings. The second-order valence-corrected chi connectivity index (χ2v) is 9.38. The Bertz CT molecular complexity index is 503. The van der Waals surface area contributed by atoms with Gasteiger partial charge in [-0.25, -0.2) is 18.0 Å². The molecule has 1 saturated heterocycles. The number of carbonyl (C=O) groups is 2. The van der Waals surface area contributed by atoms with E-state index in [1.54, 1.807) is 6.92 Å². The van der Waals surface area contributed by atoms with Crippen LogP contribution in [0.2, 0.25) is 0 Å². The number of amides is 2. The lowest BCUT2D eigenvalue weighted by Crippen LogP contribution is -2.53. The third-order valence-electron chi connectivity index (χ3n) is 3.41. The molecule has 2 amide bonds. The van der Waals surface area contributed by atoms with Crippen LogP contribution < -0.4 is 5.32 Å². The Kier molecular flexibility index (Phi) is 4.96. The van der Waals surface area contributed by atoms with Crippen molar-refractivity contribution in [3.8, 4) is 0 Å². The minimum absolute atomic E-state index is 0.0646. The first-order valence-electron chi connectivity index (χ1n) is 6.07. The highest BCUT2D eigenvalue weighted by Crippen LogP contribution is 2.28. The molecule has 1 heterocycles. The second-order valence-electron chi connectivity index (χ2n) is 5.38. The Labute approximate surface area is 123 Å². The Morgan fingerprint density at radius 2 is 2.00 bits per heavy atom. The van der Waals surface area contributed by atoms with Crippen LogP contribution in [0.15, 0.2) is 0 Å². The van der Waals surface area contributed by atoms with E-state index >= 15 is 0 Å². The predicted molar refractivity (Wildman–Crippen MR) is 77.5 cm³/mol. The fourth-order valence-electron chi connectivity index (χ4n) is 1.65. The summed E-state index contributed by atoms with van der Waals surface area (Å²) in [6.45, 7) is 4.71. The summed E-state index contributed by atoms with van der Waals surface area (Å²) in [6, 6.07) is -1.43. The van der Waals surface area contributed by atoms with Crippen molar-refractivity contribution in [2.75, 3.05) is 18.6 Å². The summed E-state index contributed by atoms with van der Waals surface area (Å²) in [4.78, 5) is 24.4. The highest BCUT2D eigenvalue weighted by Gasteiger charge is 2.40. The van der Waals surface area contributed by atoms with Gasteiger partial charge in [-0.05, 0) is 20.8 Å². The molecule has 0 spiro atoms. The summed E-state index contributed by atoms with van der Waals surface area (Å²) >= 11 is 1.38. The minimum Gasteiger partial charge on any atom is -0.480 e. The summed E-state index contributed by atoms with van der Waals surface area (Å²) in [5, 5.41) is 11.3. The van der Waals surface area contributed by atoms with Gasteiger partial charge in [0, 0.05) is 18.6 Å². The lowest BCUT2D eigenvalue weighted by atomic mass is 10.2. The third kappa shape index (κ3) is 3.57. The molecule has 1 rings (SSSR count). The van der Waals surface area contributed by atoms with Gasteiger partial charge >= 0.3 is 12.0 Å². The van der Waals surface area contributed by atoms with Crippen LogP contribution >= 0.6 is 11.8 Å². The SMILES string of the molecule is CC1SCC(C(=O)O)N1C(=O)NCC(C)(C)S(C)(=O)=O. The first kappa shape index (κ1) is 17.1. The fraction of sp³-hybridized carbons (Fsp3) is 0.818. The molecule has 2 unspecified atom stereocenters. The molecule has 9 heteroatoms. The van der Waals surface area contributed by atoms with Gasteiger partial charge in [0.2, 0.25) is 0 Å². The van der Waals surface area contributed by atoms with Gasteiger partial charge in [0.15, 0.2) is 9.84 Å². The van der Waals surface area contributed by atoms with E-state index in [4.69, 9.17) is 5.11 Å². The van der Waals surface area contributed by atoms with E-state index in [0.29, 0.717) is 5.75 Å². The standard InChI is InChI=1S/C11H20N2O5S2/c1-7-13(8(5-19-7)9(14)15)10(16)12-6-11(2,3)20(4,17)18/h7-8H,5-6H2,1-4H3,(H,12,16)(H,14,15). The number of urea groups is 1. The first-order valence-corrected chi connectivity index (χ1v) is 9.01. The molecular weight excluding hydrogens is 304 g/mol. The topological polar surface area (TPSA) is 104 Å². The average molecular weight is 324 g/mol. The van der Waals surface area contributed by atoms with Crippen molar-refractivity contribution < 1.29 is 23.1 Å². The molecule has 0 radical (unpaired) electrons. The molecular formula is C11H20N2O5S2. The highest BCUT2D eigenvalue weighted by molar-refractivity contribution is 8.00. The van der Waals surface area contributed by atoms with Crippen molar-refractivity contribution in [1.82, 2.24) is 10.2 Å². The number of hydrogen-bond donors (Lipinski definition) is 2. The Hall–Kier alpha value is -0.960. The number of nitrogens with zero attached hydrogens (tertiary/aromatic N) is 1. The minimum atomic E-state index is -3.32. The Morgan fingerprint density at radius 3 is 2.45 bits per heavy atom. The van der Waals surface area contributed by atoms with Gasteiger partial charge in [0.05, 0.1) is 10.1 Å². The van der Waals surface area contributed by atoms with Crippen molar-refractivity contribution in [2.45, 2.75) is 36.9 Å². The van der Waals surface area contributed by atoms with Crippen molar-refractivity contribution in [3.63, 3.8) is 0 Å². The van der Waals surface area contributed by atoms with Crippen molar-refractivity contribution in [1.29, 1.82) is 0 Å². The number of carboxylic acids is 1. The average Bonchev–Trinajstić information content (AvgIpc) is 2.66. The van der Waals surface area contributed by atoms with Gasteiger partial charge in [-0.15, -0.1) is 11.8 Å². The van der Waals surface area contributed by atoms with E-state index in [2.05, 4.69) is 5.32 Å². The van der Waals surface area contributed by atoms with Crippen LogP contribution in [0.25, 0.3) is 0 Å². The molecule has 7 nitrogen and oxygen atoms in total. The Balaban J connectivity index is 2.74. The monoisotopic (exact) mass is 324 g/mol. The maximum atomic E-state index is 12.1. The smallest absolute Gasteiger partial charge is 0.327 e. The molecule has 1 aliphatic heterocycles. The number of aliphatic carboxylic acids is 1. The molecule has 0 bridgehead atoms. The number of hydrogen-bond acceptors (Lipinski definition) is 5.